The van der Waals surface area contributed by atoms with Crippen molar-refractivity contribution in [1.29, 1.82) is 0 Å². The lowest BCUT2D eigenvalue weighted by molar-refractivity contribution is 0.584. The van der Waals surface area contributed by atoms with E-state index in [9.17, 15) is 8.42 Å². The summed E-state index contributed by atoms with van der Waals surface area (Å²) < 4.78 is 24.4. The lowest BCUT2D eigenvalue weighted by atomic mass is 10.0. The highest BCUT2D eigenvalue weighted by Gasteiger charge is 2.12. The summed E-state index contributed by atoms with van der Waals surface area (Å²) in [5.74, 6) is 0. The van der Waals surface area contributed by atoms with Crippen molar-refractivity contribution in [3.63, 3.8) is 0 Å². The van der Waals surface area contributed by atoms with Crippen molar-refractivity contribution in [2.24, 2.45) is 5.10 Å². The molecule has 0 aromatic heterocycles. The number of nitrogens with zero attached hydrogens (tertiary/aromatic N) is 1. The van der Waals surface area contributed by atoms with E-state index in [1.807, 2.05) is 54.6 Å². The lowest BCUT2D eigenvalue weighted by Gasteiger charge is -2.06. The van der Waals surface area contributed by atoms with Crippen LogP contribution in [0, 0.1) is 0 Å². The molecule has 0 heterocycles. The number of benzene rings is 3. The maximum atomic E-state index is 12.2. The van der Waals surface area contributed by atoms with Crippen LogP contribution in [0.25, 0.3) is 11.1 Å². The van der Waals surface area contributed by atoms with Crippen LogP contribution in [0.1, 0.15) is 12.5 Å². The Labute approximate surface area is 147 Å². The Balaban J connectivity index is 1.77. The first-order valence-electron chi connectivity index (χ1n) is 7.83. The average Bonchev–Trinajstić information content (AvgIpc) is 2.68. The molecule has 126 valence electrons. The molecular formula is C20H18N2O2S. The second-order valence-corrected chi connectivity index (χ2v) is 7.21. The van der Waals surface area contributed by atoms with Gasteiger partial charge in [0.2, 0.25) is 0 Å². The second-order valence-electron chi connectivity index (χ2n) is 5.55. The summed E-state index contributed by atoms with van der Waals surface area (Å²) in [6.07, 6.45) is 0. The summed E-state index contributed by atoms with van der Waals surface area (Å²) in [6, 6.07) is 26.1. The SMILES string of the molecule is CC(=NNS(=O)(=O)c1ccccc1)c1ccc(-c2ccccc2)cc1. The van der Waals surface area contributed by atoms with Crippen LogP contribution >= 0.6 is 0 Å². The van der Waals surface area contributed by atoms with Crippen molar-refractivity contribution in [2.75, 3.05) is 0 Å². The van der Waals surface area contributed by atoms with E-state index in [0.717, 1.165) is 16.7 Å². The molecule has 3 aromatic rings. The van der Waals surface area contributed by atoms with Crippen LogP contribution in [0.2, 0.25) is 0 Å². The standard InChI is InChI=1S/C20H18N2O2S/c1-16(21-22-25(23,24)20-10-6-3-7-11-20)17-12-14-19(15-13-17)18-8-4-2-5-9-18/h2-15,22H,1H3. The minimum atomic E-state index is -3.65. The number of nitrogens with one attached hydrogen (secondary N) is 1. The Morgan fingerprint density at radius 1 is 0.760 bits per heavy atom. The largest absolute Gasteiger partial charge is 0.276 e. The minimum absolute atomic E-state index is 0.186. The number of hydrogen-bond acceptors (Lipinski definition) is 3. The molecule has 0 aliphatic carbocycles. The summed E-state index contributed by atoms with van der Waals surface area (Å²) >= 11 is 0. The smallest absolute Gasteiger partial charge is 0.200 e. The topological polar surface area (TPSA) is 58.5 Å². The maximum Gasteiger partial charge on any atom is 0.276 e. The van der Waals surface area contributed by atoms with E-state index in [1.165, 1.54) is 12.1 Å². The highest BCUT2D eigenvalue weighted by molar-refractivity contribution is 7.89. The van der Waals surface area contributed by atoms with Gasteiger partial charge in [-0.1, -0.05) is 72.8 Å². The van der Waals surface area contributed by atoms with Gasteiger partial charge in [0.05, 0.1) is 10.6 Å². The van der Waals surface area contributed by atoms with E-state index in [0.29, 0.717) is 5.71 Å². The van der Waals surface area contributed by atoms with E-state index in [4.69, 9.17) is 0 Å². The van der Waals surface area contributed by atoms with E-state index in [-0.39, 0.29) is 4.90 Å². The van der Waals surface area contributed by atoms with Crippen LogP contribution in [-0.2, 0) is 10.0 Å². The Morgan fingerprint density at radius 3 is 1.88 bits per heavy atom. The molecular weight excluding hydrogens is 332 g/mol. The van der Waals surface area contributed by atoms with E-state index >= 15 is 0 Å². The van der Waals surface area contributed by atoms with Crippen LogP contribution in [0.4, 0.5) is 0 Å². The number of sulfonamides is 1. The van der Waals surface area contributed by atoms with Gasteiger partial charge < -0.3 is 0 Å². The highest BCUT2D eigenvalue weighted by Crippen LogP contribution is 2.19. The fraction of sp³-hybridized carbons (Fsp3) is 0.0500. The van der Waals surface area contributed by atoms with Gasteiger partial charge in [-0.25, -0.2) is 0 Å². The molecule has 0 unspecified atom stereocenters. The molecule has 0 fully saturated rings. The van der Waals surface area contributed by atoms with Gasteiger partial charge in [0.15, 0.2) is 0 Å². The van der Waals surface area contributed by atoms with Crippen molar-refractivity contribution >= 4 is 15.7 Å². The van der Waals surface area contributed by atoms with Gasteiger partial charge in [-0.05, 0) is 35.7 Å². The molecule has 0 aliphatic heterocycles. The van der Waals surface area contributed by atoms with Crippen molar-refractivity contribution in [2.45, 2.75) is 11.8 Å². The molecule has 0 saturated heterocycles. The normalized spacial score (nSPS) is 12.0. The molecule has 3 aromatic carbocycles. The van der Waals surface area contributed by atoms with Gasteiger partial charge in [-0.15, -0.1) is 0 Å². The Hall–Kier alpha value is -2.92. The first-order chi connectivity index (χ1) is 12.1. The molecule has 0 radical (unpaired) electrons. The first kappa shape index (κ1) is 16.9. The van der Waals surface area contributed by atoms with Gasteiger partial charge in [-0.3, -0.25) is 0 Å². The Kier molecular flexibility index (Phi) is 4.95. The predicted molar refractivity (Wildman–Crippen MR) is 101 cm³/mol. The third-order valence-electron chi connectivity index (χ3n) is 3.80. The fourth-order valence-electron chi connectivity index (χ4n) is 2.38. The number of hydrogen-bond donors (Lipinski definition) is 1. The Bertz CT molecular complexity index is 965. The fourth-order valence-corrected chi connectivity index (χ4v) is 3.26. The lowest BCUT2D eigenvalue weighted by Crippen LogP contribution is -2.19. The summed E-state index contributed by atoms with van der Waals surface area (Å²) in [4.78, 5) is 2.47. The van der Waals surface area contributed by atoms with Crippen LogP contribution in [0.5, 0.6) is 0 Å². The van der Waals surface area contributed by atoms with Crippen molar-refractivity contribution in [1.82, 2.24) is 4.83 Å². The second kappa shape index (κ2) is 7.32. The third kappa shape index (κ3) is 4.14. The zero-order valence-electron chi connectivity index (χ0n) is 13.8. The quantitative estimate of drug-likeness (QED) is 0.557. The van der Waals surface area contributed by atoms with Crippen molar-refractivity contribution in [3.05, 3.63) is 90.5 Å². The molecule has 0 spiro atoms. The van der Waals surface area contributed by atoms with Crippen LogP contribution in [0.15, 0.2) is 94.9 Å². The summed E-state index contributed by atoms with van der Waals surface area (Å²) in [6.45, 7) is 1.77. The molecule has 0 saturated carbocycles. The van der Waals surface area contributed by atoms with Crippen molar-refractivity contribution < 1.29 is 8.42 Å². The zero-order valence-corrected chi connectivity index (χ0v) is 14.6. The molecule has 25 heavy (non-hydrogen) atoms. The first-order valence-corrected chi connectivity index (χ1v) is 9.31. The van der Waals surface area contributed by atoms with Gasteiger partial charge >= 0.3 is 0 Å². The molecule has 4 nitrogen and oxygen atoms in total. The monoisotopic (exact) mass is 350 g/mol. The third-order valence-corrected chi connectivity index (χ3v) is 5.02. The molecule has 1 N–H and O–H groups in total. The summed E-state index contributed by atoms with van der Waals surface area (Å²) in [5, 5.41) is 4.02. The molecule has 0 amide bonds. The van der Waals surface area contributed by atoms with Gasteiger partial charge in [-0.2, -0.15) is 18.4 Å². The minimum Gasteiger partial charge on any atom is -0.200 e. The van der Waals surface area contributed by atoms with Gasteiger partial charge in [0.25, 0.3) is 10.0 Å². The predicted octanol–water partition coefficient (Wildman–Crippen LogP) is 4.06. The van der Waals surface area contributed by atoms with Crippen LogP contribution in [-0.4, -0.2) is 14.1 Å². The van der Waals surface area contributed by atoms with Crippen molar-refractivity contribution in [3.8, 4) is 11.1 Å². The maximum absolute atomic E-state index is 12.2. The zero-order chi connectivity index (χ0) is 17.7. The summed E-state index contributed by atoms with van der Waals surface area (Å²) in [7, 11) is -3.65. The molecule has 0 atom stereocenters. The number of rotatable bonds is 5. The highest BCUT2D eigenvalue weighted by atomic mass is 32.2. The van der Waals surface area contributed by atoms with Crippen LogP contribution < -0.4 is 4.83 Å². The van der Waals surface area contributed by atoms with Crippen LogP contribution in [0.3, 0.4) is 0 Å². The molecule has 0 bridgehead atoms. The van der Waals surface area contributed by atoms with Gasteiger partial charge in [0.1, 0.15) is 0 Å². The van der Waals surface area contributed by atoms with Gasteiger partial charge in [0, 0.05) is 0 Å². The molecule has 0 aliphatic rings. The average molecular weight is 350 g/mol. The molecule has 3 rings (SSSR count). The molecule has 5 heteroatoms. The van der Waals surface area contributed by atoms with E-state index in [2.05, 4.69) is 9.93 Å². The summed E-state index contributed by atoms with van der Waals surface area (Å²) in [5.41, 5.74) is 3.69. The van der Waals surface area contributed by atoms with E-state index < -0.39 is 10.0 Å². The Morgan fingerprint density at radius 2 is 1.28 bits per heavy atom. The number of hydrazone groups is 1. The van der Waals surface area contributed by atoms with E-state index in [1.54, 1.807) is 25.1 Å².